The predicted octanol–water partition coefficient (Wildman–Crippen LogP) is 8.69. The van der Waals surface area contributed by atoms with E-state index in [9.17, 15) is 24.9 Å². The van der Waals surface area contributed by atoms with E-state index in [2.05, 4.69) is 45.1 Å². The molecule has 0 aromatic heterocycles. The minimum Gasteiger partial charge on any atom is -0.463 e. The van der Waals surface area contributed by atoms with Gasteiger partial charge in [0.1, 0.15) is 19.3 Å². The maximum absolute atomic E-state index is 12.0. The van der Waals surface area contributed by atoms with Gasteiger partial charge in [-0.2, -0.15) is 0 Å². The molecule has 0 aromatic rings. The van der Waals surface area contributed by atoms with Gasteiger partial charge in [-0.15, -0.1) is 0 Å². The third kappa shape index (κ3) is 30.5. The molecule has 0 aliphatic heterocycles. The molecule has 0 aliphatic carbocycles. The number of allylic oxidation sites excluding steroid dienone is 5. The van der Waals surface area contributed by atoms with Crippen LogP contribution in [0.25, 0.3) is 0 Å². The third-order valence-corrected chi connectivity index (χ3v) is 8.12. The summed E-state index contributed by atoms with van der Waals surface area (Å²) in [6.45, 7) is 6.33. The Hall–Kier alpha value is -1.96. The third-order valence-electron chi connectivity index (χ3n) is 8.12. The molecule has 3 unspecified atom stereocenters. The van der Waals surface area contributed by atoms with Crippen molar-refractivity contribution < 1.29 is 34.4 Å². The zero-order chi connectivity index (χ0) is 33.4. The van der Waals surface area contributed by atoms with Crippen LogP contribution in [0.3, 0.4) is 0 Å². The van der Waals surface area contributed by atoms with E-state index in [0.717, 1.165) is 44.4 Å². The first kappa shape index (κ1) is 43.0. The fourth-order valence-corrected chi connectivity index (χ4v) is 4.81. The topological polar surface area (TPSA) is 113 Å². The lowest BCUT2D eigenvalue weighted by Gasteiger charge is -2.16. The van der Waals surface area contributed by atoms with Crippen molar-refractivity contribution in [3.8, 4) is 0 Å². The Labute approximate surface area is 275 Å². The fraction of sp³-hybridized carbons (Fsp3) is 0.789. The molecule has 0 aromatic carbocycles. The number of unbranched alkanes of at least 4 members (excludes halogenated alkanes) is 10. The number of carbonyl (C=O) groups excluding carboxylic acids is 2. The van der Waals surface area contributed by atoms with Crippen LogP contribution in [-0.2, 0) is 19.1 Å². The van der Waals surface area contributed by atoms with Crippen molar-refractivity contribution in [3.63, 3.8) is 0 Å². The number of aliphatic hydroxyl groups excluding tert-OH is 3. The van der Waals surface area contributed by atoms with E-state index in [-0.39, 0.29) is 32.0 Å². The molecular weight excluding hydrogens is 568 g/mol. The number of hydrogen-bond acceptors (Lipinski definition) is 7. The summed E-state index contributed by atoms with van der Waals surface area (Å²) in [5.41, 5.74) is 0. The number of carbonyl (C=O) groups is 2. The second kappa shape index (κ2) is 32.0. The Morgan fingerprint density at radius 1 is 0.600 bits per heavy atom. The Balaban J connectivity index is 3.74. The summed E-state index contributed by atoms with van der Waals surface area (Å²) in [6, 6.07) is 0. The van der Waals surface area contributed by atoms with Gasteiger partial charge < -0.3 is 24.8 Å². The van der Waals surface area contributed by atoms with Crippen LogP contribution in [0.2, 0.25) is 0 Å². The highest BCUT2D eigenvalue weighted by atomic mass is 16.6. The summed E-state index contributed by atoms with van der Waals surface area (Å²) in [4.78, 5) is 23.9. The molecule has 0 radical (unpaired) electrons. The highest BCUT2D eigenvalue weighted by Crippen LogP contribution is 2.15. The monoisotopic (exact) mass is 636 g/mol. The summed E-state index contributed by atoms with van der Waals surface area (Å²) in [5.74, 6) is -0.00201. The van der Waals surface area contributed by atoms with Gasteiger partial charge in [0.05, 0.1) is 12.2 Å². The quantitative estimate of drug-likeness (QED) is 0.0396. The van der Waals surface area contributed by atoms with Crippen molar-refractivity contribution >= 4 is 11.9 Å². The molecule has 0 heterocycles. The smallest absolute Gasteiger partial charge is 0.305 e. The van der Waals surface area contributed by atoms with Crippen LogP contribution >= 0.6 is 0 Å². The van der Waals surface area contributed by atoms with Gasteiger partial charge in [0.15, 0.2) is 0 Å². The Bertz CT molecular complexity index is 776. The molecule has 0 aliphatic rings. The number of hydrogen-bond donors (Lipinski definition) is 3. The molecule has 0 spiro atoms. The number of ether oxygens (including phenoxy) is 2. The van der Waals surface area contributed by atoms with Crippen LogP contribution in [0.4, 0.5) is 0 Å². The largest absolute Gasteiger partial charge is 0.463 e. The summed E-state index contributed by atoms with van der Waals surface area (Å²) >= 11 is 0. The minimum atomic E-state index is -1.07. The van der Waals surface area contributed by atoms with Crippen LogP contribution in [0, 0.1) is 5.92 Å². The molecule has 3 N–H and O–H groups in total. The first-order valence-corrected chi connectivity index (χ1v) is 18.1. The van der Waals surface area contributed by atoms with Gasteiger partial charge in [-0.25, -0.2) is 0 Å². The molecule has 262 valence electrons. The number of rotatable bonds is 31. The Morgan fingerprint density at radius 2 is 1.13 bits per heavy atom. The molecule has 4 atom stereocenters. The maximum Gasteiger partial charge on any atom is 0.305 e. The van der Waals surface area contributed by atoms with E-state index in [1.165, 1.54) is 64.2 Å². The van der Waals surface area contributed by atoms with Crippen molar-refractivity contribution in [1.29, 1.82) is 0 Å². The lowest BCUT2D eigenvalue weighted by Crippen LogP contribution is -2.26. The molecule has 0 saturated heterocycles. The van der Waals surface area contributed by atoms with Crippen molar-refractivity contribution in [1.82, 2.24) is 0 Å². The molecular formula is C38H68O7. The predicted molar refractivity (Wildman–Crippen MR) is 185 cm³/mol. The van der Waals surface area contributed by atoms with Gasteiger partial charge in [0.25, 0.3) is 0 Å². The van der Waals surface area contributed by atoms with Crippen molar-refractivity contribution in [3.05, 3.63) is 36.5 Å². The summed E-state index contributed by atoms with van der Waals surface area (Å²) < 4.78 is 10.2. The van der Waals surface area contributed by atoms with Crippen LogP contribution < -0.4 is 0 Å². The summed E-state index contributed by atoms with van der Waals surface area (Å²) in [6.07, 6.45) is 29.5. The molecule has 0 rings (SSSR count). The highest BCUT2D eigenvalue weighted by Gasteiger charge is 2.16. The van der Waals surface area contributed by atoms with Crippen LogP contribution in [0.15, 0.2) is 36.5 Å². The van der Waals surface area contributed by atoms with Crippen molar-refractivity contribution in [2.24, 2.45) is 5.92 Å². The molecule has 0 saturated carbocycles. The molecule has 45 heavy (non-hydrogen) atoms. The average Bonchev–Trinajstić information content (AvgIpc) is 3.03. The lowest BCUT2D eigenvalue weighted by atomic mass is 9.99. The van der Waals surface area contributed by atoms with Gasteiger partial charge >= 0.3 is 11.9 Å². The average molecular weight is 637 g/mol. The maximum atomic E-state index is 12.0. The Kier molecular flexibility index (Phi) is 30.6. The highest BCUT2D eigenvalue weighted by molar-refractivity contribution is 5.69. The van der Waals surface area contributed by atoms with Gasteiger partial charge in [0, 0.05) is 12.8 Å². The van der Waals surface area contributed by atoms with Gasteiger partial charge in [-0.1, -0.05) is 128 Å². The number of aliphatic hydroxyl groups is 3. The molecule has 0 bridgehead atoms. The van der Waals surface area contributed by atoms with Crippen LogP contribution in [0.5, 0.6) is 0 Å². The van der Waals surface area contributed by atoms with E-state index < -0.39 is 24.3 Å². The lowest BCUT2D eigenvalue weighted by molar-refractivity contribution is -0.152. The standard InChI is InChI=1S/C38H68O7/c1-4-6-7-8-9-10-11-12-13-17-20-23-27-35(40)36(41)28-25-30-38(43)45-32-34(39)31-44-37(42)29-24-21-18-15-14-16-19-22-26-33(3)5-2/h9-10,12-13,20,23,33-36,39-41H,4-8,11,14-19,21-22,24-32H2,1-3H3/b10-9-,13-12-,23-20-/t33?,34-,35?,36?/m1/s1. The van der Waals surface area contributed by atoms with Crippen LogP contribution in [-0.4, -0.2) is 58.8 Å². The van der Waals surface area contributed by atoms with E-state index in [4.69, 9.17) is 9.47 Å². The van der Waals surface area contributed by atoms with E-state index in [1.54, 1.807) is 0 Å². The summed E-state index contributed by atoms with van der Waals surface area (Å²) in [7, 11) is 0. The number of esters is 2. The van der Waals surface area contributed by atoms with E-state index >= 15 is 0 Å². The normalized spacial score (nSPS) is 14.7. The van der Waals surface area contributed by atoms with Crippen LogP contribution in [0.1, 0.15) is 156 Å². The van der Waals surface area contributed by atoms with Crippen molar-refractivity contribution in [2.75, 3.05) is 13.2 Å². The second-order valence-electron chi connectivity index (χ2n) is 12.5. The fourth-order valence-electron chi connectivity index (χ4n) is 4.81. The molecule has 7 nitrogen and oxygen atoms in total. The molecule has 7 heteroatoms. The first-order valence-electron chi connectivity index (χ1n) is 18.1. The van der Waals surface area contributed by atoms with Gasteiger partial charge in [-0.05, 0) is 57.3 Å². The van der Waals surface area contributed by atoms with E-state index in [1.807, 2.05) is 12.2 Å². The second-order valence-corrected chi connectivity index (χ2v) is 12.5. The zero-order valence-electron chi connectivity index (χ0n) is 29.0. The SMILES string of the molecule is CCCCC/C=C\C/C=C\C/C=C\CC(O)C(O)CCCC(=O)OC[C@H](O)COC(=O)CCCCCCCCCCC(C)CC. The zero-order valence-corrected chi connectivity index (χ0v) is 29.0. The summed E-state index contributed by atoms with van der Waals surface area (Å²) in [5, 5.41) is 30.3. The first-order chi connectivity index (χ1) is 21.8. The Morgan fingerprint density at radius 3 is 1.73 bits per heavy atom. The van der Waals surface area contributed by atoms with Gasteiger partial charge in [-0.3, -0.25) is 9.59 Å². The van der Waals surface area contributed by atoms with Crippen molar-refractivity contribution in [2.45, 2.75) is 174 Å². The van der Waals surface area contributed by atoms with E-state index in [0.29, 0.717) is 19.3 Å². The minimum absolute atomic E-state index is 0.0715. The molecule has 0 amide bonds. The van der Waals surface area contributed by atoms with Gasteiger partial charge in [0.2, 0.25) is 0 Å². The molecule has 0 fully saturated rings.